The van der Waals surface area contributed by atoms with Crippen molar-refractivity contribution in [2.75, 3.05) is 20.3 Å². The van der Waals surface area contributed by atoms with Gasteiger partial charge in [0.15, 0.2) is 5.82 Å². The van der Waals surface area contributed by atoms with Crippen LogP contribution < -0.4 is 5.23 Å². The van der Waals surface area contributed by atoms with Gasteiger partial charge in [0.2, 0.25) is 5.78 Å². The number of aromatic nitrogens is 2. The number of nitrogens with one attached hydrogen (secondary N) is 1. The Kier molecular flexibility index (Phi) is 6.73. The first-order valence-corrected chi connectivity index (χ1v) is 11.9. The van der Waals surface area contributed by atoms with E-state index in [9.17, 15) is 4.79 Å². The van der Waals surface area contributed by atoms with E-state index in [0.717, 1.165) is 17.1 Å². The molecule has 1 aromatic carbocycles. The zero-order valence-electron chi connectivity index (χ0n) is 15.0. The minimum absolute atomic E-state index is 0.0722. The van der Waals surface area contributed by atoms with Crippen LogP contribution in [0.25, 0.3) is 11.0 Å². The molecule has 0 aliphatic heterocycles. The molecule has 2 aromatic rings. The second kappa shape index (κ2) is 8.57. The van der Waals surface area contributed by atoms with Gasteiger partial charge in [-0.25, -0.2) is 4.98 Å². The first-order chi connectivity index (χ1) is 11.4. The van der Waals surface area contributed by atoms with Crippen LogP contribution in [0.4, 0.5) is 0 Å². The summed E-state index contributed by atoms with van der Waals surface area (Å²) in [5.74, 6) is 0.352. The van der Waals surface area contributed by atoms with Gasteiger partial charge in [-0.3, -0.25) is 9.36 Å². The Balaban J connectivity index is 2.13. The fourth-order valence-corrected chi connectivity index (χ4v) is 3.06. The van der Waals surface area contributed by atoms with Crippen LogP contribution in [-0.4, -0.2) is 51.3 Å². The number of carbonyl (C=O) groups excluding carboxylic acids is 1. The number of imidazole rings is 1. The van der Waals surface area contributed by atoms with Gasteiger partial charge in [0.1, 0.15) is 6.73 Å². The molecule has 0 aliphatic carbocycles. The molecule has 0 unspecified atom stereocenters. The third kappa shape index (κ3) is 5.27. The van der Waals surface area contributed by atoms with Crippen molar-refractivity contribution >= 4 is 32.5 Å². The van der Waals surface area contributed by atoms with Crippen LogP contribution >= 0.6 is 0 Å². The van der Waals surface area contributed by atoms with Crippen molar-refractivity contribution < 1.29 is 14.2 Å². The predicted molar refractivity (Wildman–Crippen MR) is 100 cm³/mol. The lowest BCUT2D eigenvalue weighted by Gasteiger charge is -2.16. The lowest BCUT2D eigenvalue weighted by molar-refractivity contribution is 0.0821. The molecule has 1 N–H and O–H groups in total. The molecule has 1 aromatic heterocycles. The quantitative estimate of drug-likeness (QED) is 0.405. The van der Waals surface area contributed by atoms with Gasteiger partial charge < -0.3 is 14.6 Å². The second-order valence-corrected chi connectivity index (χ2v) is 12.6. The Labute approximate surface area is 144 Å². The number of hydrogen-bond acceptors (Lipinski definition) is 5. The normalized spacial score (nSPS) is 11.8. The Bertz CT molecular complexity index is 685. The van der Waals surface area contributed by atoms with E-state index in [0.29, 0.717) is 26.8 Å². The fourth-order valence-electron chi connectivity index (χ4n) is 2.30. The number of Topliss-reactive ketones (excluding diaryl/α,β-unsaturated/α-hetero) is 1. The summed E-state index contributed by atoms with van der Waals surface area (Å²) >= 11 is 0. The zero-order chi connectivity index (χ0) is 17.6. The summed E-state index contributed by atoms with van der Waals surface area (Å²) in [6, 6.07) is 8.83. The number of fused-ring (bicyclic) bond motifs is 1. The highest BCUT2D eigenvalue weighted by Gasteiger charge is 2.18. The lowest BCUT2D eigenvalue weighted by atomic mass is 10.2. The molecule has 0 amide bonds. The van der Waals surface area contributed by atoms with Gasteiger partial charge in [-0.05, 0) is 18.2 Å². The molecule has 130 valence electrons. The van der Waals surface area contributed by atoms with E-state index in [4.69, 9.17) is 9.39 Å². The summed E-state index contributed by atoms with van der Waals surface area (Å²) in [6.07, 6.45) is 0. The minimum Gasteiger partial charge on any atom is -0.427 e. The highest BCUT2D eigenvalue weighted by atomic mass is 28.3. The van der Waals surface area contributed by atoms with Crippen LogP contribution in [0, 0.1) is 0 Å². The van der Waals surface area contributed by atoms with Crippen molar-refractivity contribution in [1.29, 1.82) is 0 Å². The second-order valence-electron chi connectivity index (χ2n) is 6.98. The van der Waals surface area contributed by atoms with E-state index >= 15 is 0 Å². The summed E-state index contributed by atoms with van der Waals surface area (Å²) < 4.78 is 12.6. The van der Waals surface area contributed by atoms with E-state index < -0.39 is 8.07 Å². The summed E-state index contributed by atoms with van der Waals surface area (Å²) in [5.41, 5.74) is 1.72. The van der Waals surface area contributed by atoms with Crippen molar-refractivity contribution in [1.82, 2.24) is 14.8 Å². The molecule has 0 bridgehead atoms. The van der Waals surface area contributed by atoms with Crippen LogP contribution in [0.5, 0.6) is 0 Å². The summed E-state index contributed by atoms with van der Waals surface area (Å²) in [7, 11) is 0.784. The molecule has 0 saturated carbocycles. The molecule has 0 saturated heterocycles. The lowest BCUT2D eigenvalue weighted by Crippen LogP contribution is -2.29. The molecule has 6 nitrogen and oxygen atoms in total. The fraction of sp³-hybridized carbons (Fsp3) is 0.500. The summed E-state index contributed by atoms with van der Waals surface area (Å²) in [4.78, 5) is 16.9. The van der Waals surface area contributed by atoms with Crippen molar-refractivity contribution in [3.05, 3.63) is 30.1 Å². The number of ether oxygens (including phenoxy) is 1. The minimum atomic E-state index is -1.13. The van der Waals surface area contributed by atoms with E-state index in [1.54, 1.807) is 7.11 Å². The monoisotopic (exact) mass is 347 g/mol. The number of ketones is 1. The van der Waals surface area contributed by atoms with Gasteiger partial charge in [0.05, 0.1) is 17.6 Å². The molecule has 0 atom stereocenters. The topological polar surface area (TPSA) is 65.4 Å². The maximum Gasteiger partial charge on any atom is 0.360 e. The molecule has 0 fully saturated rings. The maximum absolute atomic E-state index is 12.5. The number of hydrogen-bond donors (Lipinski definition) is 1. The molecular formula is C16H26BN3O3Si. The van der Waals surface area contributed by atoms with E-state index in [-0.39, 0.29) is 12.3 Å². The molecule has 0 aliphatic rings. The van der Waals surface area contributed by atoms with Gasteiger partial charge in [-0.1, -0.05) is 31.8 Å². The van der Waals surface area contributed by atoms with Crippen LogP contribution in [0.15, 0.2) is 24.3 Å². The van der Waals surface area contributed by atoms with Gasteiger partial charge in [0.25, 0.3) is 0 Å². The third-order valence-corrected chi connectivity index (χ3v) is 5.36. The average molecular weight is 347 g/mol. The van der Waals surface area contributed by atoms with Crippen LogP contribution in [0.2, 0.25) is 25.7 Å². The van der Waals surface area contributed by atoms with E-state index in [2.05, 4.69) is 29.9 Å². The Morgan fingerprint density at radius 2 is 2.08 bits per heavy atom. The predicted octanol–water partition coefficient (Wildman–Crippen LogP) is 2.03. The van der Waals surface area contributed by atoms with Crippen LogP contribution in [-0.2, 0) is 16.1 Å². The number of para-hydroxylation sites is 2. The largest absolute Gasteiger partial charge is 0.427 e. The number of nitrogens with zero attached hydrogens (tertiary/aromatic N) is 2. The van der Waals surface area contributed by atoms with E-state index in [1.165, 1.54) is 0 Å². The molecule has 0 spiro atoms. The van der Waals surface area contributed by atoms with Gasteiger partial charge in [-0.2, -0.15) is 0 Å². The summed E-state index contributed by atoms with van der Waals surface area (Å²) in [6.45, 7) is 8.19. The van der Waals surface area contributed by atoms with Gasteiger partial charge in [0, 0.05) is 21.8 Å². The van der Waals surface area contributed by atoms with Crippen LogP contribution in [0.3, 0.4) is 0 Å². The molecule has 24 heavy (non-hydrogen) atoms. The zero-order valence-corrected chi connectivity index (χ0v) is 16.0. The highest BCUT2D eigenvalue weighted by molar-refractivity contribution is 6.76. The van der Waals surface area contributed by atoms with Crippen LogP contribution in [0.1, 0.15) is 10.6 Å². The molecule has 0 radical (unpaired) electrons. The Morgan fingerprint density at radius 3 is 2.79 bits per heavy atom. The van der Waals surface area contributed by atoms with E-state index in [1.807, 2.05) is 28.8 Å². The third-order valence-electron chi connectivity index (χ3n) is 3.65. The smallest absolute Gasteiger partial charge is 0.360 e. The first kappa shape index (κ1) is 18.9. The van der Waals surface area contributed by atoms with Crippen molar-refractivity contribution in [3.63, 3.8) is 0 Å². The number of benzene rings is 1. The molecule has 1 heterocycles. The maximum atomic E-state index is 12.5. The van der Waals surface area contributed by atoms with Crippen molar-refractivity contribution in [2.24, 2.45) is 0 Å². The Morgan fingerprint density at radius 1 is 1.33 bits per heavy atom. The number of rotatable bonds is 10. The highest BCUT2D eigenvalue weighted by Crippen LogP contribution is 2.17. The number of carbonyl (C=O) groups is 1. The van der Waals surface area contributed by atoms with Gasteiger partial charge >= 0.3 is 7.62 Å². The SMILES string of the molecule is COBNCC(=O)c1nc2ccccc2n1COCC[Si](C)(C)C. The average Bonchev–Trinajstić information content (AvgIpc) is 2.90. The molecular weight excluding hydrogens is 321 g/mol. The van der Waals surface area contributed by atoms with Crippen molar-refractivity contribution in [3.8, 4) is 0 Å². The molecule has 2 rings (SSSR count). The Hall–Kier alpha value is -1.48. The molecule has 8 heteroatoms. The van der Waals surface area contributed by atoms with Gasteiger partial charge in [-0.15, -0.1) is 0 Å². The first-order valence-electron chi connectivity index (χ1n) is 8.18. The standard InChI is InChI=1S/C16H26BN3O3Si/c1-22-17-18-11-15(21)16-19-13-7-5-6-8-14(13)20(16)12-23-9-10-24(2,3)4/h5-8,17-18H,9-12H2,1-4H3. The summed E-state index contributed by atoms with van der Waals surface area (Å²) in [5, 5.41) is 2.93. The van der Waals surface area contributed by atoms with Crippen molar-refractivity contribution in [2.45, 2.75) is 32.4 Å².